The van der Waals surface area contributed by atoms with Gasteiger partial charge >= 0.3 is 6.03 Å². The van der Waals surface area contributed by atoms with Gasteiger partial charge in [0.2, 0.25) is 5.91 Å². The van der Waals surface area contributed by atoms with Crippen LogP contribution in [-0.4, -0.2) is 57.0 Å². The number of rotatable bonds is 7. The SMILES string of the molecule is COc1ccc(N2C[C@H](NC(=O)NCCCO)CC2=O)cc1OC. The largest absolute Gasteiger partial charge is 0.493 e. The van der Waals surface area contributed by atoms with Crippen LogP contribution in [0.1, 0.15) is 12.8 Å². The maximum Gasteiger partial charge on any atom is 0.315 e. The van der Waals surface area contributed by atoms with Crippen LogP contribution >= 0.6 is 0 Å². The highest BCUT2D eigenvalue weighted by molar-refractivity contribution is 5.97. The van der Waals surface area contributed by atoms with Crippen LogP contribution in [0.3, 0.4) is 0 Å². The Morgan fingerprint density at radius 2 is 2.08 bits per heavy atom. The molecule has 8 nitrogen and oxygen atoms in total. The first-order chi connectivity index (χ1) is 11.6. The van der Waals surface area contributed by atoms with E-state index in [4.69, 9.17) is 14.6 Å². The molecule has 24 heavy (non-hydrogen) atoms. The van der Waals surface area contributed by atoms with Crippen LogP contribution in [0.15, 0.2) is 18.2 Å². The number of carbonyl (C=O) groups excluding carboxylic acids is 2. The maximum absolute atomic E-state index is 12.2. The number of urea groups is 1. The molecule has 1 fully saturated rings. The van der Waals surface area contributed by atoms with E-state index in [-0.39, 0.29) is 31.0 Å². The Labute approximate surface area is 140 Å². The number of carbonyl (C=O) groups is 2. The van der Waals surface area contributed by atoms with Gasteiger partial charge in [0.15, 0.2) is 11.5 Å². The van der Waals surface area contributed by atoms with Crippen LogP contribution in [0, 0.1) is 0 Å². The molecule has 0 aliphatic carbocycles. The van der Waals surface area contributed by atoms with E-state index >= 15 is 0 Å². The quantitative estimate of drug-likeness (QED) is 0.629. The zero-order valence-corrected chi connectivity index (χ0v) is 13.9. The molecule has 1 atom stereocenters. The number of methoxy groups -OCH3 is 2. The van der Waals surface area contributed by atoms with E-state index in [1.807, 2.05) is 0 Å². The highest BCUT2D eigenvalue weighted by Crippen LogP contribution is 2.33. The van der Waals surface area contributed by atoms with Crippen molar-refractivity contribution < 1.29 is 24.2 Å². The van der Waals surface area contributed by atoms with Crippen LogP contribution in [0.5, 0.6) is 11.5 Å². The van der Waals surface area contributed by atoms with Gasteiger partial charge in [0.1, 0.15) is 0 Å². The van der Waals surface area contributed by atoms with Crippen molar-refractivity contribution in [3.63, 3.8) is 0 Å². The number of amides is 3. The van der Waals surface area contributed by atoms with Gasteiger partial charge in [-0.25, -0.2) is 4.79 Å². The molecule has 0 unspecified atom stereocenters. The predicted molar refractivity (Wildman–Crippen MR) is 88.5 cm³/mol. The summed E-state index contributed by atoms with van der Waals surface area (Å²) in [4.78, 5) is 25.6. The zero-order valence-electron chi connectivity index (χ0n) is 13.9. The van der Waals surface area contributed by atoms with Gasteiger partial charge in [0.05, 0.1) is 20.3 Å². The number of aliphatic hydroxyl groups is 1. The summed E-state index contributed by atoms with van der Waals surface area (Å²) in [7, 11) is 3.09. The fourth-order valence-electron chi connectivity index (χ4n) is 2.56. The van der Waals surface area contributed by atoms with Crippen LogP contribution in [0.2, 0.25) is 0 Å². The van der Waals surface area contributed by atoms with E-state index < -0.39 is 0 Å². The van der Waals surface area contributed by atoms with Gasteiger partial charge in [-0.15, -0.1) is 0 Å². The van der Waals surface area contributed by atoms with E-state index in [0.717, 1.165) is 0 Å². The summed E-state index contributed by atoms with van der Waals surface area (Å²) in [6.07, 6.45) is 0.733. The number of hydrogen-bond donors (Lipinski definition) is 3. The Morgan fingerprint density at radius 3 is 2.75 bits per heavy atom. The lowest BCUT2D eigenvalue weighted by atomic mass is 10.2. The minimum absolute atomic E-state index is 0.0231. The Hall–Kier alpha value is -2.48. The van der Waals surface area contributed by atoms with Crippen LogP contribution in [-0.2, 0) is 4.79 Å². The molecule has 0 spiro atoms. The monoisotopic (exact) mass is 337 g/mol. The summed E-state index contributed by atoms with van der Waals surface area (Å²) in [6, 6.07) is 4.66. The zero-order chi connectivity index (χ0) is 17.5. The average Bonchev–Trinajstić information content (AvgIpc) is 2.94. The lowest BCUT2D eigenvalue weighted by Crippen LogP contribution is -2.43. The van der Waals surface area contributed by atoms with Crippen molar-refractivity contribution in [1.82, 2.24) is 10.6 Å². The third-order valence-corrected chi connectivity index (χ3v) is 3.76. The lowest BCUT2D eigenvalue weighted by Gasteiger charge is -2.19. The second-order valence-electron chi connectivity index (χ2n) is 5.42. The van der Waals surface area contributed by atoms with Crippen molar-refractivity contribution in [2.75, 3.05) is 38.8 Å². The number of hydrogen-bond acceptors (Lipinski definition) is 5. The molecule has 132 valence electrons. The molecule has 0 saturated carbocycles. The van der Waals surface area contributed by atoms with E-state index in [2.05, 4.69) is 10.6 Å². The molecule has 2 rings (SSSR count). The number of ether oxygens (including phenoxy) is 2. The first kappa shape index (κ1) is 17.9. The standard InChI is InChI=1S/C16H23N3O5/c1-23-13-5-4-12(9-14(13)24-2)19-10-11(8-15(19)21)18-16(22)17-6-3-7-20/h4-5,9,11,20H,3,6-8,10H2,1-2H3,(H2,17,18,22)/t11-/m1/s1. The Bertz CT molecular complexity index is 593. The summed E-state index contributed by atoms with van der Waals surface area (Å²) in [5.74, 6) is 1.06. The molecule has 1 heterocycles. The van der Waals surface area contributed by atoms with E-state index in [9.17, 15) is 9.59 Å². The highest BCUT2D eigenvalue weighted by atomic mass is 16.5. The third kappa shape index (κ3) is 4.29. The summed E-state index contributed by atoms with van der Waals surface area (Å²) < 4.78 is 10.4. The fraction of sp³-hybridized carbons (Fsp3) is 0.500. The van der Waals surface area contributed by atoms with Gasteiger partial charge in [-0.05, 0) is 18.6 Å². The molecule has 0 radical (unpaired) electrons. The number of nitrogens with one attached hydrogen (secondary N) is 2. The second kappa shape index (κ2) is 8.39. The summed E-state index contributed by atoms with van der Waals surface area (Å²) in [5.41, 5.74) is 0.697. The smallest absolute Gasteiger partial charge is 0.315 e. The summed E-state index contributed by atoms with van der Waals surface area (Å²) in [5, 5.41) is 14.1. The minimum atomic E-state index is -0.338. The lowest BCUT2D eigenvalue weighted by molar-refractivity contribution is -0.117. The summed E-state index contributed by atoms with van der Waals surface area (Å²) in [6.45, 7) is 0.805. The second-order valence-corrected chi connectivity index (χ2v) is 5.42. The molecular formula is C16H23N3O5. The van der Waals surface area contributed by atoms with E-state index in [0.29, 0.717) is 36.7 Å². The van der Waals surface area contributed by atoms with Crippen molar-refractivity contribution in [2.24, 2.45) is 0 Å². The molecule has 1 aliphatic heterocycles. The van der Waals surface area contributed by atoms with Crippen LogP contribution in [0.25, 0.3) is 0 Å². The van der Waals surface area contributed by atoms with Gasteiger partial charge in [-0.3, -0.25) is 4.79 Å². The number of aliphatic hydroxyl groups excluding tert-OH is 1. The molecule has 3 amide bonds. The van der Waals surface area contributed by atoms with E-state index in [1.54, 1.807) is 30.2 Å². The molecule has 0 bridgehead atoms. The molecular weight excluding hydrogens is 314 g/mol. The van der Waals surface area contributed by atoms with Crippen LogP contribution < -0.4 is 25.0 Å². The molecule has 1 aromatic rings. The normalized spacial score (nSPS) is 16.9. The van der Waals surface area contributed by atoms with Crippen molar-refractivity contribution in [3.8, 4) is 11.5 Å². The fourth-order valence-corrected chi connectivity index (χ4v) is 2.56. The Kier molecular flexibility index (Phi) is 6.25. The summed E-state index contributed by atoms with van der Waals surface area (Å²) >= 11 is 0. The van der Waals surface area contributed by atoms with Gasteiger partial charge in [-0.1, -0.05) is 0 Å². The molecule has 1 aromatic carbocycles. The molecule has 0 aromatic heterocycles. The molecule has 8 heteroatoms. The third-order valence-electron chi connectivity index (χ3n) is 3.76. The minimum Gasteiger partial charge on any atom is -0.493 e. The highest BCUT2D eigenvalue weighted by Gasteiger charge is 2.32. The van der Waals surface area contributed by atoms with Crippen molar-refractivity contribution in [1.29, 1.82) is 0 Å². The Balaban J connectivity index is 1.98. The predicted octanol–water partition coefficient (Wildman–Crippen LogP) is 0.491. The first-order valence-corrected chi connectivity index (χ1v) is 7.76. The number of anilines is 1. The molecule has 1 saturated heterocycles. The van der Waals surface area contributed by atoms with E-state index in [1.165, 1.54) is 7.11 Å². The number of nitrogens with zero attached hydrogens (tertiary/aromatic N) is 1. The maximum atomic E-state index is 12.2. The van der Waals surface area contributed by atoms with Gasteiger partial charge in [0, 0.05) is 37.9 Å². The molecule has 1 aliphatic rings. The average molecular weight is 337 g/mol. The van der Waals surface area contributed by atoms with Crippen molar-refractivity contribution in [2.45, 2.75) is 18.9 Å². The van der Waals surface area contributed by atoms with Gasteiger partial charge in [0.25, 0.3) is 0 Å². The molecule has 3 N–H and O–H groups in total. The van der Waals surface area contributed by atoms with Crippen LogP contribution in [0.4, 0.5) is 10.5 Å². The van der Waals surface area contributed by atoms with Crippen molar-refractivity contribution >= 4 is 17.6 Å². The van der Waals surface area contributed by atoms with Crippen molar-refractivity contribution in [3.05, 3.63) is 18.2 Å². The topological polar surface area (TPSA) is 100 Å². The number of benzene rings is 1. The Morgan fingerprint density at radius 1 is 1.33 bits per heavy atom. The first-order valence-electron chi connectivity index (χ1n) is 7.76. The van der Waals surface area contributed by atoms with Gasteiger partial charge in [-0.2, -0.15) is 0 Å². The van der Waals surface area contributed by atoms with Gasteiger partial charge < -0.3 is 30.1 Å².